The Labute approximate surface area is 187 Å². The number of hydrogen-bond donors (Lipinski definition) is 1. The van der Waals surface area contributed by atoms with Gasteiger partial charge in [0.1, 0.15) is 17.3 Å². The highest BCUT2D eigenvalue weighted by Gasteiger charge is 2.46. The van der Waals surface area contributed by atoms with Crippen molar-refractivity contribution >= 4 is 17.4 Å². The van der Waals surface area contributed by atoms with Crippen LogP contribution in [0.5, 0.6) is 11.5 Å². The normalized spacial score (nSPS) is 20.7. The highest BCUT2D eigenvalue weighted by molar-refractivity contribution is 6.46. The lowest BCUT2D eigenvalue weighted by molar-refractivity contribution is -0.140. The molecule has 1 N–H and O–H groups in total. The summed E-state index contributed by atoms with van der Waals surface area (Å²) in [5.41, 5.74) is 1.31. The SMILES string of the molecule is COc1ccc(/C(O)=C2\C(=O)C(=O)N(CCN3CCCC3)C2c2ccc(OC)cc2)cc1. The van der Waals surface area contributed by atoms with Crippen LogP contribution in [0.4, 0.5) is 0 Å². The third kappa shape index (κ3) is 4.21. The lowest BCUT2D eigenvalue weighted by Gasteiger charge is -2.27. The van der Waals surface area contributed by atoms with Gasteiger partial charge in [0.15, 0.2) is 0 Å². The number of benzene rings is 2. The molecule has 7 nitrogen and oxygen atoms in total. The van der Waals surface area contributed by atoms with Crippen molar-refractivity contribution in [3.8, 4) is 11.5 Å². The molecule has 2 aromatic rings. The van der Waals surface area contributed by atoms with E-state index in [1.807, 2.05) is 12.1 Å². The molecule has 0 saturated carbocycles. The molecule has 0 aliphatic carbocycles. The van der Waals surface area contributed by atoms with E-state index in [1.165, 1.54) is 0 Å². The van der Waals surface area contributed by atoms with Gasteiger partial charge in [0, 0.05) is 18.7 Å². The number of carbonyl (C=O) groups is 2. The van der Waals surface area contributed by atoms with Crippen LogP contribution in [0, 0.1) is 0 Å². The van der Waals surface area contributed by atoms with Crippen molar-refractivity contribution < 1.29 is 24.2 Å². The second-order valence-corrected chi connectivity index (χ2v) is 8.04. The minimum absolute atomic E-state index is 0.103. The molecule has 2 heterocycles. The first-order valence-electron chi connectivity index (χ1n) is 10.8. The molecule has 4 rings (SSSR count). The number of ketones is 1. The van der Waals surface area contributed by atoms with Crippen molar-refractivity contribution in [2.24, 2.45) is 0 Å². The van der Waals surface area contributed by atoms with Gasteiger partial charge in [0.25, 0.3) is 11.7 Å². The maximum absolute atomic E-state index is 13.1. The highest BCUT2D eigenvalue weighted by Crippen LogP contribution is 2.40. The van der Waals surface area contributed by atoms with Gasteiger partial charge in [-0.3, -0.25) is 9.59 Å². The first kappa shape index (κ1) is 21.9. The summed E-state index contributed by atoms with van der Waals surface area (Å²) in [5.74, 6) is -0.117. The molecule has 32 heavy (non-hydrogen) atoms. The number of aliphatic hydroxyl groups is 1. The summed E-state index contributed by atoms with van der Waals surface area (Å²) in [6.07, 6.45) is 2.30. The molecule has 168 valence electrons. The van der Waals surface area contributed by atoms with Gasteiger partial charge < -0.3 is 24.4 Å². The number of rotatable bonds is 7. The maximum Gasteiger partial charge on any atom is 0.295 e. The minimum atomic E-state index is -0.666. The number of hydrogen-bond acceptors (Lipinski definition) is 6. The molecule has 0 aromatic heterocycles. The second-order valence-electron chi connectivity index (χ2n) is 8.04. The third-order valence-electron chi connectivity index (χ3n) is 6.19. The van der Waals surface area contributed by atoms with E-state index >= 15 is 0 Å². The van der Waals surface area contributed by atoms with Crippen LogP contribution in [0.1, 0.15) is 30.0 Å². The van der Waals surface area contributed by atoms with Crippen LogP contribution < -0.4 is 9.47 Å². The summed E-state index contributed by atoms with van der Waals surface area (Å²) >= 11 is 0. The molecule has 2 aliphatic rings. The maximum atomic E-state index is 13.1. The average molecular weight is 437 g/mol. The van der Waals surface area contributed by atoms with Crippen LogP contribution >= 0.6 is 0 Å². The summed E-state index contributed by atoms with van der Waals surface area (Å²) in [5, 5.41) is 11.1. The van der Waals surface area contributed by atoms with Crippen molar-refractivity contribution in [3.05, 3.63) is 65.2 Å². The molecule has 2 saturated heterocycles. The zero-order valence-electron chi connectivity index (χ0n) is 18.4. The monoisotopic (exact) mass is 436 g/mol. The predicted molar refractivity (Wildman–Crippen MR) is 121 cm³/mol. The Kier molecular flexibility index (Phi) is 6.46. The third-order valence-corrected chi connectivity index (χ3v) is 6.19. The Morgan fingerprint density at radius 3 is 2.03 bits per heavy atom. The van der Waals surface area contributed by atoms with E-state index in [0.29, 0.717) is 30.2 Å². The Bertz CT molecular complexity index is 1010. The van der Waals surface area contributed by atoms with Gasteiger partial charge in [-0.1, -0.05) is 12.1 Å². The number of nitrogens with zero attached hydrogens (tertiary/aromatic N) is 2. The molecular weight excluding hydrogens is 408 g/mol. The number of amides is 1. The van der Waals surface area contributed by atoms with Crippen LogP contribution in [0.2, 0.25) is 0 Å². The topological polar surface area (TPSA) is 79.3 Å². The summed E-state index contributed by atoms with van der Waals surface area (Å²) in [7, 11) is 3.14. The van der Waals surface area contributed by atoms with Crippen LogP contribution in [0.3, 0.4) is 0 Å². The molecule has 2 fully saturated rings. The van der Waals surface area contributed by atoms with Crippen molar-refractivity contribution in [2.45, 2.75) is 18.9 Å². The number of Topliss-reactive ketones (excluding diaryl/α,β-unsaturated/α-hetero) is 1. The Hall–Kier alpha value is -3.32. The second kappa shape index (κ2) is 9.44. The average Bonchev–Trinajstić information content (AvgIpc) is 3.44. The largest absolute Gasteiger partial charge is 0.507 e. The molecule has 7 heteroatoms. The molecule has 1 unspecified atom stereocenters. The number of aliphatic hydroxyl groups excluding tert-OH is 1. The zero-order chi connectivity index (χ0) is 22.7. The molecule has 0 radical (unpaired) electrons. The highest BCUT2D eigenvalue weighted by atomic mass is 16.5. The van der Waals surface area contributed by atoms with Crippen molar-refractivity contribution in [1.82, 2.24) is 9.80 Å². The number of methoxy groups -OCH3 is 2. The van der Waals surface area contributed by atoms with Gasteiger partial charge in [-0.15, -0.1) is 0 Å². The van der Waals surface area contributed by atoms with Crippen LogP contribution in [0.25, 0.3) is 5.76 Å². The first-order valence-corrected chi connectivity index (χ1v) is 10.8. The molecule has 0 bridgehead atoms. The molecular formula is C25H28N2O5. The Morgan fingerprint density at radius 1 is 0.906 bits per heavy atom. The molecule has 1 amide bonds. The summed E-state index contributed by atoms with van der Waals surface area (Å²) < 4.78 is 10.4. The van der Waals surface area contributed by atoms with Gasteiger partial charge >= 0.3 is 0 Å². The lowest BCUT2D eigenvalue weighted by Crippen LogP contribution is -2.37. The van der Waals surface area contributed by atoms with Crippen molar-refractivity contribution in [2.75, 3.05) is 40.4 Å². The molecule has 1 atom stereocenters. The summed E-state index contributed by atoms with van der Waals surface area (Å²) in [4.78, 5) is 30.0. The quantitative estimate of drug-likeness (QED) is 0.408. The smallest absolute Gasteiger partial charge is 0.295 e. The van der Waals surface area contributed by atoms with E-state index in [4.69, 9.17) is 9.47 Å². The van der Waals surface area contributed by atoms with E-state index in [-0.39, 0.29) is 11.3 Å². The van der Waals surface area contributed by atoms with E-state index in [9.17, 15) is 14.7 Å². The molecule has 2 aliphatic heterocycles. The van der Waals surface area contributed by atoms with Gasteiger partial charge in [0.05, 0.1) is 25.8 Å². The molecule has 0 spiro atoms. The van der Waals surface area contributed by atoms with Crippen molar-refractivity contribution in [3.63, 3.8) is 0 Å². The van der Waals surface area contributed by atoms with E-state index in [2.05, 4.69) is 4.90 Å². The standard InChI is InChI=1S/C25H28N2O5/c1-31-19-9-5-17(6-10-19)22-21(23(28)18-7-11-20(32-2)12-8-18)24(29)25(30)27(22)16-15-26-13-3-4-14-26/h5-12,22,28H,3-4,13-16H2,1-2H3/b23-21+. The van der Waals surface area contributed by atoms with Gasteiger partial charge in [-0.2, -0.15) is 0 Å². The van der Waals surface area contributed by atoms with Crippen molar-refractivity contribution in [1.29, 1.82) is 0 Å². The number of carbonyl (C=O) groups excluding carboxylic acids is 2. The van der Waals surface area contributed by atoms with E-state index in [1.54, 1.807) is 55.5 Å². The lowest BCUT2D eigenvalue weighted by atomic mass is 9.95. The van der Waals surface area contributed by atoms with E-state index in [0.717, 1.165) is 31.5 Å². The summed E-state index contributed by atoms with van der Waals surface area (Å²) in [6, 6.07) is 13.4. The van der Waals surface area contributed by atoms with Crippen LogP contribution in [-0.4, -0.2) is 67.0 Å². The molecule has 2 aromatic carbocycles. The van der Waals surface area contributed by atoms with Gasteiger partial charge in [-0.25, -0.2) is 0 Å². The number of likely N-dealkylation sites (tertiary alicyclic amines) is 2. The van der Waals surface area contributed by atoms with Gasteiger partial charge in [-0.05, 0) is 67.9 Å². The Balaban J connectivity index is 1.74. The first-order chi connectivity index (χ1) is 15.5. The predicted octanol–water partition coefficient (Wildman–Crippen LogP) is 3.22. The Morgan fingerprint density at radius 2 is 1.47 bits per heavy atom. The summed E-state index contributed by atoms with van der Waals surface area (Å²) in [6.45, 7) is 3.12. The fraction of sp³-hybridized carbons (Fsp3) is 0.360. The van der Waals surface area contributed by atoms with E-state index < -0.39 is 17.7 Å². The minimum Gasteiger partial charge on any atom is -0.507 e. The van der Waals surface area contributed by atoms with Gasteiger partial charge in [0.2, 0.25) is 0 Å². The number of ether oxygens (including phenoxy) is 2. The zero-order valence-corrected chi connectivity index (χ0v) is 18.4. The fourth-order valence-corrected chi connectivity index (χ4v) is 4.40. The fourth-order valence-electron chi connectivity index (χ4n) is 4.40. The van der Waals surface area contributed by atoms with Crippen LogP contribution in [-0.2, 0) is 9.59 Å². The van der Waals surface area contributed by atoms with Crippen LogP contribution in [0.15, 0.2) is 54.1 Å².